The molecule has 0 saturated heterocycles. The van der Waals surface area contributed by atoms with E-state index < -0.39 is 6.10 Å². The number of aliphatic hydroxyl groups excluding tert-OH is 1. The highest BCUT2D eigenvalue weighted by molar-refractivity contribution is 6.33. The molecule has 0 bridgehead atoms. The molecule has 2 atom stereocenters. The van der Waals surface area contributed by atoms with Crippen molar-refractivity contribution in [3.8, 4) is 11.1 Å². The quantitative estimate of drug-likeness (QED) is 0.810. The highest BCUT2D eigenvalue weighted by Gasteiger charge is 2.15. The Morgan fingerprint density at radius 2 is 1.68 bits per heavy atom. The summed E-state index contributed by atoms with van der Waals surface area (Å²) in [5, 5.41) is 10.5. The first-order chi connectivity index (χ1) is 9.13. The summed E-state index contributed by atoms with van der Waals surface area (Å²) in [5.74, 6) is 0.269. The maximum atomic E-state index is 9.76. The Hall–Kier alpha value is -1.02. The maximum Gasteiger partial charge on any atom is 0.0741 e. The van der Waals surface area contributed by atoms with Gasteiger partial charge < -0.3 is 5.11 Å². The predicted octanol–water partition coefficient (Wildman–Crippen LogP) is 4.71. The molecular formula is C16H16Cl2O. The van der Waals surface area contributed by atoms with Gasteiger partial charge in [-0.05, 0) is 17.2 Å². The molecule has 19 heavy (non-hydrogen) atoms. The van der Waals surface area contributed by atoms with Gasteiger partial charge in [-0.2, -0.15) is 0 Å². The van der Waals surface area contributed by atoms with E-state index in [0.29, 0.717) is 0 Å². The minimum absolute atomic E-state index is 0.0257. The summed E-state index contributed by atoms with van der Waals surface area (Å²) in [7, 11) is 0. The zero-order valence-electron chi connectivity index (χ0n) is 10.7. The van der Waals surface area contributed by atoms with Crippen molar-refractivity contribution in [3.05, 3.63) is 59.1 Å². The number of aliphatic hydroxyl groups is 1. The van der Waals surface area contributed by atoms with E-state index in [1.165, 1.54) is 0 Å². The molecular weight excluding hydrogens is 279 g/mol. The van der Waals surface area contributed by atoms with Crippen LogP contribution in [0.1, 0.15) is 18.4 Å². The fourth-order valence-corrected chi connectivity index (χ4v) is 2.53. The van der Waals surface area contributed by atoms with Crippen molar-refractivity contribution in [2.75, 3.05) is 5.88 Å². The van der Waals surface area contributed by atoms with E-state index in [2.05, 4.69) is 0 Å². The Labute approximate surface area is 123 Å². The Balaban J connectivity index is 2.26. The average molecular weight is 295 g/mol. The third-order valence-corrected chi connectivity index (χ3v) is 4.00. The smallest absolute Gasteiger partial charge is 0.0741 e. The molecule has 0 saturated carbocycles. The molecule has 0 fully saturated rings. The van der Waals surface area contributed by atoms with Crippen molar-refractivity contribution >= 4 is 23.2 Å². The lowest BCUT2D eigenvalue weighted by Crippen LogP contribution is -2.17. The Kier molecular flexibility index (Phi) is 4.87. The van der Waals surface area contributed by atoms with Gasteiger partial charge in [-0.1, -0.05) is 61.0 Å². The average Bonchev–Trinajstić information content (AvgIpc) is 2.46. The van der Waals surface area contributed by atoms with Crippen molar-refractivity contribution in [1.29, 1.82) is 0 Å². The van der Waals surface area contributed by atoms with Crippen LogP contribution in [0, 0.1) is 0 Å². The summed E-state index contributed by atoms with van der Waals surface area (Å²) in [5.41, 5.74) is 3.16. The number of alkyl halides is 1. The van der Waals surface area contributed by atoms with E-state index in [4.69, 9.17) is 23.2 Å². The molecule has 100 valence electrons. The molecule has 0 aliphatic heterocycles. The first kappa shape index (κ1) is 14.4. The monoisotopic (exact) mass is 294 g/mol. The van der Waals surface area contributed by atoms with Crippen molar-refractivity contribution in [2.45, 2.75) is 18.9 Å². The molecule has 2 aromatic carbocycles. The van der Waals surface area contributed by atoms with Gasteiger partial charge in [-0.15, -0.1) is 11.6 Å². The van der Waals surface area contributed by atoms with Crippen LogP contribution in [-0.2, 0) is 0 Å². The van der Waals surface area contributed by atoms with Crippen molar-refractivity contribution < 1.29 is 5.11 Å². The molecule has 0 amide bonds. The SMILES string of the molecule is CC(c1ccc(-c2ccccc2Cl)cc1)C(O)CCl. The highest BCUT2D eigenvalue weighted by atomic mass is 35.5. The predicted molar refractivity (Wildman–Crippen MR) is 82.0 cm³/mol. The first-order valence-corrected chi connectivity index (χ1v) is 7.13. The summed E-state index contributed by atoms with van der Waals surface area (Å²) in [4.78, 5) is 0. The van der Waals surface area contributed by atoms with E-state index in [0.717, 1.165) is 21.7 Å². The first-order valence-electron chi connectivity index (χ1n) is 6.22. The largest absolute Gasteiger partial charge is 0.391 e. The van der Waals surface area contributed by atoms with Gasteiger partial charge in [-0.25, -0.2) is 0 Å². The van der Waals surface area contributed by atoms with E-state index in [1.807, 2.05) is 55.5 Å². The zero-order valence-corrected chi connectivity index (χ0v) is 12.2. The van der Waals surface area contributed by atoms with E-state index in [9.17, 15) is 5.11 Å². The van der Waals surface area contributed by atoms with E-state index >= 15 is 0 Å². The molecule has 0 aromatic heterocycles. The summed E-state index contributed by atoms with van der Waals surface area (Å²) in [6.07, 6.45) is -0.521. The molecule has 0 heterocycles. The molecule has 2 aromatic rings. The Bertz CT molecular complexity index is 537. The number of hydrogen-bond donors (Lipinski definition) is 1. The van der Waals surface area contributed by atoms with Gasteiger partial charge in [0.2, 0.25) is 0 Å². The second kappa shape index (κ2) is 6.42. The zero-order chi connectivity index (χ0) is 13.8. The summed E-state index contributed by atoms with van der Waals surface area (Å²) < 4.78 is 0. The van der Waals surface area contributed by atoms with Crippen LogP contribution in [0.2, 0.25) is 5.02 Å². The molecule has 2 unspecified atom stereocenters. The van der Waals surface area contributed by atoms with Crippen LogP contribution in [0.25, 0.3) is 11.1 Å². The molecule has 0 aliphatic rings. The van der Waals surface area contributed by atoms with Gasteiger partial charge in [0, 0.05) is 22.4 Å². The van der Waals surface area contributed by atoms with Gasteiger partial charge in [0.1, 0.15) is 0 Å². The summed E-state index contributed by atoms with van der Waals surface area (Å²) in [6, 6.07) is 15.8. The van der Waals surface area contributed by atoms with Crippen molar-refractivity contribution in [2.24, 2.45) is 0 Å². The third-order valence-electron chi connectivity index (χ3n) is 3.36. The van der Waals surface area contributed by atoms with Crippen LogP contribution < -0.4 is 0 Å². The highest BCUT2D eigenvalue weighted by Crippen LogP contribution is 2.29. The van der Waals surface area contributed by atoms with Crippen LogP contribution in [0.15, 0.2) is 48.5 Å². The van der Waals surface area contributed by atoms with Gasteiger partial charge in [0.15, 0.2) is 0 Å². The summed E-state index contributed by atoms with van der Waals surface area (Å²) in [6.45, 7) is 1.97. The van der Waals surface area contributed by atoms with Crippen molar-refractivity contribution in [3.63, 3.8) is 0 Å². The van der Waals surface area contributed by atoms with Crippen molar-refractivity contribution in [1.82, 2.24) is 0 Å². The molecule has 0 spiro atoms. The minimum Gasteiger partial charge on any atom is -0.391 e. The standard InChI is InChI=1S/C16H16Cl2O/c1-11(16(19)10-17)12-6-8-13(9-7-12)14-4-2-3-5-15(14)18/h2-9,11,16,19H,10H2,1H3. The van der Waals surface area contributed by atoms with E-state index in [-0.39, 0.29) is 11.8 Å². The van der Waals surface area contributed by atoms with Crippen LogP contribution >= 0.6 is 23.2 Å². The van der Waals surface area contributed by atoms with Crippen LogP contribution in [0.4, 0.5) is 0 Å². The fraction of sp³-hybridized carbons (Fsp3) is 0.250. The second-order valence-corrected chi connectivity index (χ2v) is 5.33. The minimum atomic E-state index is -0.521. The summed E-state index contributed by atoms with van der Waals surface area (Å²) >= 11 is 11.9. The Morgan fingerprint density at radius 3 is 2.26 bits per heavy atom. The second-order valence-electron chi connectivity index (χ2n) is 4.61. The fourth-order valence-electron chi connectivity index (χ4n) is 2.02. The third kappa shape index (κ3) is 3.30. The van der Waals surface area contributed by atoms with Crippen LogP contribution in [0.5, 0.6) is 0 Å². The van der Waals surface area contributed by atoms with Gasteiger partial charge in [-0.3, -0.25) is 0 Å². The molecule has 2 rings (SSSR count). The van der Waals surface area contributed by atoms with Gasteiger partial charge in [0.05, 0.1) is 6.10 Å². The van der Waals surface area contributed by atoms with Gasteiger partial charge >= 0.3 is 0 Å². The lowest BCUT2D eigenvalue weighted by molar-refractivity contribution is 0.172. The molecule has 0 radical (unpaired) electrons. The Morgan fingerprint density at radius 1 is 1.05 bits per heavy atom. The number of halogens is 2. The van der Waals surface area contributed by atoms with Gasteiger partial charge in [0.25, 0.3) is 0 Å². The van der Waals surface area contributed by atoms with E-state index in [1.54, 1.807) is 0 Å². The number of hydrogen-bond acceptors (Lipinski definition) is 1. The number of benzene rings is 2. The van der Waals surface area contributed by atoms with Crippen LogP contribution in [0.3, 0.4) is 0 Å². The number of rotatable bonds is 4. The molecule has 1 nitrogen and oxygen atoms in total. The molecule has 1 N–H and O–H groups in total. The normalized spacial score (nSPS) is 14.1. The molecule has 3 heteroatoms. The maximum absolute atomic E-state index is 9.76. The lowest BCUT2D eigenvalue weighted by atomic mass is 9.94. The lowest BCUT2D eigenvalue weighted by Gasteiger charge is -2.17. The van der Waals surface area contributed by atoms with Crippen LogP contribution in [-0.4, -0.2) is 17.1 Å². The molecule has 0 aliphatic carbocycles. The topological polar surface area (TPSA) is 20.2 Å².